The van der Waals surface area contributed by atoms with Crippen molar-refractivity contribution in [2.24, 2.45) is 0 Å². The lowest BCUT2D eigenvalue weighted by molar-refractivity contribution is 0.986. The van der Waals surface area contributed by atoms with E-state index in [1.165, 1.54) is 54.6 Å². The predicted molar refractivity (Wildman–Crippen MR) is 198 cm³/mol. The Labute approximate surface area is 269 Å². The minimum absolute atomic E-state index is 0.801. The number of imidazole rings is 1. The Kier molecular flexibility index (Phi) is 7.04. The van der Waals surface area contributed by atoms with E-state index in [0.29, 0.717) is 0 Å². The smallest absolute Gasteiger partial charge is 0.145 e. The molecule has 0 bridgehead atoms. The van der Waals surface area contributed by atoms with E-state index >= 15 is 0 Å². The van der Waals surface area contributed by atoms with E-state index in [-0.39, 0.29) is 0 Å². The highest BCUT2D eigenvalue weighted by Crippen LogP contribution is 2.43. The van der Waals surface area contributed by atoms with Crippen LogP contribution in [0.15, 0.2) is 158 Å². The number of benzene rings is 7. The third kappa shape index (κ3) is 4.71. The lowest BCUT2D eigenvalue weighted by Crippen LogP contribution is -2.00. The lowest BCUT2D eigenvalue weighted by Gasteiger charge is -2.20. The third-order valence-corrected chi connectivity index (χ3v) is 9.23. The number of fused-ring (bicyclic) bond motifs is 4. The number of allylic oxidation sites excluding steroid dienone is 3. The summed E-state index contributed by atoms with van der Waals surface area (Å²) in [5.41, 5.74) is 9.36. The zero-order valence-electron chi connectivity index (χ0n) is 25.9. The summed E-state index contributed by atoms with van der Waals surface area (Å²) in [6, 6.07) is 52.0. The quantitative estimate of drug-likeness (QED) is 0.169. The topological polar surface area (TPSA) is 17.8 Å². The Morgan fingerprint density at radius 3 is 1.93 bits per heavy atom. The molecule has 0 saturated heterocycles. The second kappa shape index (κ2) is 11.6. The van der Waals surface area contributed by atoms with Gasteiger partial charge in [0, 0.05) is 11.3 Å². The Bertz CT molecular complexity index is 2390. The summed E-state index contributed by atoms with van der Waals surface area (Å²) in [5, 5.41) is 7.62. The van der Waals surface area contributed by atoms with Crippen LogP contribution in [0, 0.1) is 0 Å². The van der Waals surface area contributed by atoms with Gasteiger partial charge in [-0.05, 0) is 92.5 Å². The molecular weight excluding hydrogens is 556 g/mol. The molecule has 0 aliphatic carbocycles. The van der Waals surface area contributed by atoms with Crippen molar-refractivity contribution in [3.63, 3.8) is 0 Å². The molecule has 46 heavy (non-hydrogen) atoms. The van der Waals surface area contributed by atoms with E-state index in [1.807, 2.05) is 12.1 Å². The van der Waals surface area contributed by atoms with Crippen LogP contribution in [0.4, 0.5) is 0 Å². The standard InChI is InChI=1S/C44H34N2/c1-3-31(26-25-30(2)46-41-24-14-13-23-40(41)45-44(46)33-16-5-4-6-17-33)42-36-19-9-11-21-38(36)43(39-22-12-10-20-37(39)42)35-28-27-32-15-7-8-18-34(32)29-35/h3-24,27-29H,2,25-26H2,1H3/b31-3+. The summed E-state index contributed by atoms with van der Waals surface area (Å²) in [6.07, 6.45) is 3.95. The van der Waals surface area contributed by atoms with Gasteiger partial charge in [-0.15, -0.1) is 0 Å². The number of aromatic nitrogens is 2. The fourth-order valence-electron chi connectivity index (χ4n) is 7.06. The minimum atomic E-state index is 0.801. The molecule has 7 aromatic carbocycles. The summed E-state index contributed by atoms with van der Waals surface area (Å²) in [4.78, 5) is 5.04. The highest BCUT2D eigenvalue weighted by atomic mass is 15.1. The molecule has 0 atom stereocenters. The van der Waals surface area contributed by atoms with Gasteiger partial charge in [0.15, 0.2) is 0 Å². The molecule has 220 valence electrons. The van der Waals surface area contributed by atoms with Crippen LogP contribution in [0.2, 0.25) is 0 Å². The second-order valence-corrected chi connectivity index (χ2v) is 11.9. The van der Waals surface area contributed by atoms with E-state index in [9.17, 15) is 0 Å². The van der Waals surface area contributed by atoms with Crippen LogP contribution in [-0.4, -0.2) is 9.55 Å². The van der Waals surface area contributed by atoms with Crippen LogP contribution in [0.25, 0.3) is 77.1 Å². The summed E-state index contributed by atoms with van der Waals surface area (Å²) in [6.45, 7) is 6.80. The third-order valence-electron chi connectivity index (χ3n) is 9.23. The molecule has 0 unspecified atom stereocenters. The molecule has 0 N–H and O–H groups in total. The van der Waals surface area contributed by atoms with Crippen molar-refractivity contribution in [2.45, 2.75) is 19.8 Å². The van der Waals surface area contributed by atoms with E-state index in [1.54, 1.807) is 0 Å². The van der Waals surface area contributed by atoms with Crippen molar-refractivity contribution in [1.82, 2.24) is 9.55 Å². The highest BCUT2D eigenvalue weighted by Gasteiger charge is 2.19. The number of hydrogen-bond acceptors (Lipinski definition) is 1. The molecule has 8 aromatic rings. The van der Waals surface area contributed by atoms with Crippen LogP contribution in [0.1, 0.15) is 25.3 Å². The van der Waals surface area contributed by atoms with Crippen molar-refractivity contribution in [3.05, 3.63) is 164 Å². The Morgan fingerprint density at radius 1 is 0.609 bits per heavy atom. The fourth-order valence-corrected chi connectivity index (χ4v) is 7.06. The van der Waals surface area contributed by atoms with Gasteiger partial charge in [0.2, 0.25) is 0 Å². The largest absolute Gasteiger partial charge is 0.297 e. The summed E-state index contributed by atoms with van der Waals surface area (Å²) in [5.74, 6) is 0.935. The van der Waals surface area contributed by atoms with Crippen molar-refractivity contribution in [1.29, 1.82) is 0 Å². The van der Waals surface area contributed by atoms with Gasteiger partial charge in [0.1, 0.15) is 5.82 Å². The summed E-state index contributed by atoms with van der Waals surface area (Å²) in [7, 11) is 0. The van der Waals surface area contributed by atoms with Crippen LogP contribution in [0.5, 0.6) is 0 Å². The van der Waals surface area contributed by atoms with Crippen molar-refractivity contribution < 1.29 is 0 Å². The van der Waals surface area contributed by atoms with Gasteiger partial charge in [0.25, 0.3) is 0 Å². The first kappa shape index (κ1) is 27.8. The maximum atomic E-state index is 5.04. The molecule has 1 aromatic heterocycles. The van der Waals surface area contributed by atoms with Gasteiger partial charge < -0.3 is 0 Å². The molecule has 8 rings (SSSR count). The number of rotatable bonds is 7. The Morgan fingerprint density at radius 2 is 1.22 bits per heavy atom. The first-order chi connectivity index (χ1) is 22.7. The van der Waals surface area contributed by atoms with Crippen molar-refractivity contribution in [2.75, 3.05) is 0 Å². The monoisotopic (exact) mass is 590 g/mol. The zero-order valence-corrected chi connectivity index (χ0v) is 25.9. The minimum Gasteiger partial charge on any atom is -0.297 e. The van der Waals surface area contributed by atoms with Gasteiger partial charge in [-0.1, -0.05) is 140 Å². The van der Waals surface area contributed by atoms with E-state index < -0.39 is 0 Å². The second-order valence-electron chi connectivity index (χ2n) is 11.9. The maximum Gasteiger partial charge on any atom is 0.145 e. The normalized spacial score (nSPS) is 12.0. The number of hydrogen-bond donors (Lipinski definition) is 0. The Hall–Kier alpha value is -5.73. The maximum absolute atomic E-state index is 5.04. The van der Waals surface area contributed by atoms with Gasteiger partial charge >= 0.3 is 0 Å². The average molecular weight is 591 g/mol. The number of para-hydroxylation sites is 2. The van der Waals surface area contributed by atoms with E-state index in [0.717, 1.165) is 41.0 Å². The predicted octanol–water partition coefficient (Wildman–Crippen LogP) is 12.2. The molecule has 2 nitrogen and oxygen atoms in total. The van der Waals surface area contributed by atoms with Crippen LogP contribution < -0.4 is 0 Å². The molecule has 0 spiro atoms. The summed E-state index contributed by atoms with van der Waals surface area (Å²) >= 11 is 0. The average Bonchev–Trinajstić information content (AvgIpc) is 3.51. The van der Waals surface area contributed by atoms with E-state index in [4.69, 9.17) is 4.98 Å². The van der Waals surface area contributed by atoms with Gasteiger partial charge in [-0.3, -0.25) is 4.57 Å². The first-order valence-electron chi connectivity index (χ1n) is 16.0. The summed E-state index contributed by atoms with van der Waals surface area (Å²) < 4.78 is 2.25. The molecule has 0 radical (unpaired) electrons. The van der Waals surface area contributed by atoms with E-state index in [2.05, 4.69) is 158 Å². The van der Waals surface area contributed by atoms with Crippen molar-refractivity contribution >= 4 is 54.6 Å². The van der Waals surface area contributed by atoms with Gasteiger partial charge in [-0.25, -0.2) is 4.98 Å². The molecule has 2 heteroatoms. The van der Waals surface area contributed by atoms with Crippen LogP contribution in [-0.2, 0) is 0 Å². The SMILES string of the molecule is C=C(CC/C(=C\C)c1c2ccccc2c(-c2ccc3ccccc3c2)c2ccccc12)n1c(-c2ccccc2)nc2ccccc21. The lowest BCUT2D eigenvalue weighted by atomic mass is 9.84. The molecule has 0 aliphatic rings. The molecule has 0 saturated carbocycles. The van der Waals surface area contributed by atoms with Gasteiger partial charge in [0.05, 0.1) is 11.0 Å². The number of nitrogens with zero attached hydrogens (tertiary/aromatic N) is 2. The van der Waals surface area contributed by atoms with Crippen molar-refractivity contribution in [3.8, 4) is 22.5 Å². The molecule has 0 fully saturated rings. The molecule has 0 amide bonds. The fraction of sp³-hybridized carbons (Fsp3) is 0.0682. The van der Waals surface area contributed by atoms with Gasteiger partial charge in [-0.2, -0.15) is 0 Å². The molecular formula is C44H34N2. The zero-order chi connectivity index (χ0) is 31.0. The molecule has 1 heterocycles. The first-order valence-corrected chi connectivity index (χ1v) is 16.0. The van der Waals surface area contributed by atoms with Crippen LogP contribution in [0.3, 0.4) is 0 Å². The highest BCUT2D eigenvalue weighted by molar-refractivity contribution is 6.19. The Balaban J connectivity index is 1.24. The van der Waals surface area contributed by atoms with Crippen LogP contribution >= 0.6 is 0 Å². The molecule has 0 aliphatic heterocycles.